The normalized spacial score (nSPS) is 31.0. The molecule has 1 saturated carbocycles. The van der Waals surface area contributed by atoms with E-state index in [1.54, 1.807) is 0 Å². The molecule has 1 aliphatic rings. The quantitative estimate of drug-likeness (QED) is 0.908. The Bertz CT molecular complexity index is 452. The molecule has 1 aliphatic carbocycles. The molecule has 0 bridgehead atoms. The lowest BCUT2D eigenvalue weighted by atomic mass is 9.70. The lowest BCUT2D eigenvalue weighted by Crippen LogP contribution is -2.39. The molecule has 0 radical (unpaired) electrons. The molecule has 1 aromatic heterocycles. The fourth-order valence-corrected chi connectivity index (χ4v) is 2.88. The number of aliphatic hydroxyl groups is 1. The van der Waals surface area contributed by atoms with E-state index in [0.717, 1.165) is 12.8 Å². The van der Waals surface area contributed by atoms with E-state index in [1.165, 1.54) is 20.4 Å². The zero-order valence-corrected chi connectivity index (χ0v) is 12.0. The SMILES string of the molecule is COc1cnc(C2(O)CCC(C)CC2C)c(OC)n1. The molecular weight excluding hydrogens is 244 g/mol. The average Bonchev–Trinajstić information content (AvgIpc) is 2.42. The first kappa shape index (κ1) is 14.1. The van der Waals surface area contributed by atoms with Gasteiger partial charge in [-0.15, -0.1) is 0 Å². The molecule has 5 heteroatoms. The second kappa shape index (κ2) is 5.33. The zero-order valence-electron chi connectivity index (χ0n) is 12.0. The van der Waals surface area contributed by atoms with E-state index in [-0.39, 0.29) is 5.92 Å². The Morgan fingerprint density at radius 2 is 2.05 bits per heavy atom. The minimum Gasteiger partial charge on any atom is -0.480 e. The Morgan fingerprint density at radius 1 is 1.32 bits per heavy atom. The van der Waals surface area contributed by atoms with E-state index in [2.05, 4.69) is 23.8 Å². The van der Waals surface area contributed by atoms with Gasteiger partial charge in [-0.25, -0.2) is 4.98 Å². The third kappa shape index (κ3) is 2.52. The monoisotopic (exact) mass is 266 g/mol. The summed E-state index contributed by atoms with van der Waals surface area (Å²) < 4.78 is 10.3. The standard InChI is InChI=1S/C14H22N2O3/c1-9-5-6-14(17,10(2)7-9)12-13(19-4)16-11(18-3)8-15-12/h8-10,17H,5-7H2,1-4H3. The molecular formula is C14H22N2O3. The molecule has 0 aromatic carbocycles. The zero-order chi connectivity index (χ0) is 14.0. The van der Waals surface area contributed by atoms with Crippen molar-refractivity contribution >= 4 is 0 Å². The van der Waals surface area contributed by atoms with Crippen LogP contribution in [0.25, 0.3) is 0 Å². The van der Waals surface area contributed by atoms with E-state index in [9.17, 15) is 5.11 Å². The Kier molecular flexibility index (Phi) is 3.94. The molecule has 1 fully saturated rings. The maximum atomic E-state index is 11.0. The van der Waals surface area contributed by atoms with E-state index in [0.29, 0.717) is 29.8 Å². The van der Waals surface area contributed by atoms with Gasteiger partial charge >= 0.3 is 0 Å². The molecule has 0 amide bonds. The van der Waals surface area contributed by atoms with Gasteiger partial charge in [-0.1, -0.05) is 13.8 Å². The van der Waals surface area contributed by atoms with Crippen molar-refractivity contribution in [2.45, 2.75) is 38.7 Å². The minimum atomic E-state index is -0.961. The van der Waals surface area contributed by atoms with E-state index < -0.39 is 5.60 Å². The summed E-state index contributed by atoms with van der Waals surface area (Å²) in [5, 5.41) is 11.0. The van der Waals surface area contributed by atoms with Crippen molar-refractivity contribution in [1.29, 1.82) is 0 Å². The van der Waals surface area contributed by atoms with Gasteiger partial charge in [0.25, 0.3) is 0 Å². The fourth-order valence-electron chi connectivity index (χ4n) is 2.88. The van der Waals surface area contributed by atoms with Gasteiger partial charge < -0.3 is 14.6 Å². The van der Waals surface area contributed by atoms with Crippen LogP contribution < -0.4 is 9.47 Å². The molecule has 3 atom stereocenters. The molecule has 0 saturated heterocycles. The topological polar surface area (TPSA) is 64.5 Å². The predicted molar refractivity (Wildman–Crippen MR) is 71.2 cm³/mol. The van der Waals surface area contributed by atoms with Gasteiger partial charge in [0.05, 0.1) is 20.4 Å². The highest BCUT2D eigenvalue weighted by Gasteiger charge is 2.43. The van der Waals surface area contributed by atoms with E-state index in [4.69, 9.17) is 9.47 Å². The van der Waals surface area contributed by atoms with Crippen LogP contribution >= 0.6 is 0 Å². The van der Waals surface area contributed by atoms with E-state index >= 15 is 0 Å². The molecule has 106 valence electrons. The number of rotatable bonds is 3. The number of hydrogen-bond acceptors (Lipinski definition) is 5. The van der Waals surface area contributed by atoms with Gasteiger partial charge in [0.2, 0.25) is 11.8 Å². The predicted octanol–water partition coefficient (Wildman–Crippen LogP) is 2.14. The first-order valence-corrected chi connectivity index (χ1v) is 6.69. The first-order chi connectivity index (χ1) is 9.01. The molecule has 0 aliphatic heterocycles. The van der Waals surface area contributed by atoms with Crippen LogP contribution in [0.5, 0.6) is 11.8 Å². The number of hydrogen-bond donors (Lipinski definition) is 1. The Balaban J connectivity index is 2.39. The highest BCUT2D eigenvalue weighted by molar-refractivity contribution is 5.29. The van der Waals surface area contributed by atoms with Crippen LogP contribution in [0, 0.1) is 11.8 Å². The third-order valence-electron chi connectivity index (χ3n) is 4.12. The van der Waals surface area contributed by atoms with Crippen LogP contribution in [-0.2, 0) is 5.60 Å². The molecule has 0 spiro atoms. The summed E-state index contributed by atoms with van der Waals surface area (Å²) in [6.45, 7) is 4.27. The lowest BCUT2D eigenvalue weighted by Gasteiger charge is -2.40. The summed E-state index contributed by atoms with van der Waals surface area (Å²) in [6, 6.07) is 0. The molecule has 3 unspecified atom stereocenters. The average molecular weight is 266 g/mol. The largest absolute Gasteiger partial charge is 0.480 e. The van der Waals surface area contributed by atoms with Crippen molar-refractivity contribution in [2.24, 2.45) is 11.8 Å². The number of aromatic nitrogens is 2. The Morgan fingerprint density at radius 3 is 2.63 bits per heavy atom. The maximum absolute atomic E-state index is 11.0. The van der Waals surface area contributed by atoms with Gasteiger partial charge in [0.1, 0.15) is 11.3 Å². The molecule has 19 heavy (non-hydrogen) atoms. The molecule has 1 N–H and O–H groups in total. The highest BCUT2D eigenvalue weighted by atomic mass is 16.5. The van der Waals surface area contributed by atoms with Crippen LogP contribution in [0.2, 0.25) is 0 Å². The van der Waals surface area contributed by atoms with Crippen LogP contribution in [0.15, 0.2) is 6.20 Å². The van der Waals surface area contributed by atoms with Crippen molar-refractivity contribution in [2.75, 3.05) is 14.2 Å². The number of ether oxygens (including phenoxy) is 2. The van der Waals surface area contributed by atoms with Crippen molar-refractivity contribution in [1.82, 2.24) is 9.97 Å². The number of nitrogens with zero attached hydrogens (tertiary/aromatic N) is 2. The van der Waals surface area contributed by atoms with Crippen molar-refractivity contribution < 1.29 is 14.6 Å². The summed E-state index contributed by atoms with van der Waals surface area (Å²) >= 11 is 0. The third-order valence-corrected chi connectivity index (χ3v) is 4.12. The van der Waals surface area contributed by atoms with Gasteiger partial charge in [-0.05, 0) is 31.1 Å². The van der Waals surface area contributed by atoms with Gasteiger partial charge in [-0.2, -0.15) is 4.98 Å². The van der Waals surface area contributed by atoms with Crippen molar-refractivity contribution in [3.05, 3.63) is 11.9 Å². The van der Waals surface area contributed by atoms with Crippen LogP contribution in [0.3, 0.4) is 0 Å². The molecule has 1 heterocycles. The molecule has 1 aromatic rings. The summed E-state index contributed by atoms with van der Waals surface area (Å²) in [4.78, 5) is 8.55. The second-order valence-corrected chi connectivity index (χ2v) is 5.48. The van der Waals surface area contributed by atoms with E-state index in [1.807, 2.05) is 0 Å². The Labute approximate surface area is 114 Å². The molecule has 2 rings (SSSR count). The lowest BCUT2D eigenvalue weighted by molar-refractivity contribution is -0.0642. The smallest absolute Gasteiger partial charge is 0.241 e. The van der Waals surface area contributed by atoms with Crippen molar-refractivity contribution in [3.8, 4) is 11.8 Å². The molecule has 5 nitrogen and oxygen atoms in total. The summed E-state index contributed by atoms with van der Waals surface area (Å²) in [5.41, 5.74) is -0.438. The first-order valence-electron chi connectivity index (χ1n) is 6.69. The maximum Gasteiger partial charge on any atom is 0.241 e. The van der Waals surface area contributed by atoms with Gasteiger partial charge in [-0.3, -0.25) is 0 Å². The van der Waals surface area contributed by atoms with Crippen LogP contribution in [-0.4, -0.2) is 29.3 Å². The Hall–Kier alpha value is -1.36. The summed E-state index contributed by atoms with van der Waals surface area (Å²) in [7, 11) is 3.06. The van der Waals surface area contributed by atoms with Gasteiger partial charge in [0.15, 0.2) is 0 Å². The second-order valence-electron chi connectivity index (χ2n) is 5.48. The fraction of sp³-hybridized carbons (Fsp3) is 0.714. The van der Waals surface area contributed by atoms with Crippen LogP contribution in [0.4, 0.5) is 0 Å². The van der Waals surface area contributed by atoms with Crippen molar-refractivity contribution in [3.63, 3.8) is 0 Å². The summed E-state index contributed by atoms with van der Waals surface area (Å²) in [5.74, 6) is 1.50. The highest BCUT2D eigenvalue weighted by Crippen LogP contribution is 2.45. The summed E-state index contributed by atoms with van der Waals surface area (Å²) in [6.07, 6.45) is 4.18. The number of methoxy groups -OCH3 is 2. The van der Waals surface area contributed by atoms with Crippen LogP contribution in [0.1, 0.15) is 38.8 Å². The minimum absolute atomic E-state index is 0.132. The van der Waals surface area contributed by atoms with Gasteiger partial charge in [0, 0.05) is 0 Å².